The fraction of sp³-hybridized carbons (Fsp3) is 0.0556. The van der Waals surface area contributed by atoms with Crippen LogP contribution in [0.2, 0.25) is 5.02 Å². The lowest BCUT2D eigenvalue weighted by Crippen LogP contribution is -2.09. The van der Waals surface area contributed by atoms with Crippen molar-refractivity contribution >= 4 is 38.5 Å². The van der Waals surface area contributed by atoms with Crippen LogP contribution in [-0.4, -0.2) is 21.5 Å². The van der Waals surface area contributed by atoms with Crippen LogP contribution in [-0.2, 0) is 14.3 Å². The van der Waals surface area contributed by atoms with Crippen LogP contribution < -0.4 is 4.74 Å². The molecule has 0 radical (unpaired) electrons. The normalized spacial score (nSPS) is 11.4. The lowest BCUT2D eigenvalue weighted by molar-refractivity contribution is 0.0737. The van der Waals surface area contributed by atoms with E-state index in [0.717, 1.165) is 7.11 Å². The molecule has 3 aromatic rings. The minimum atomic E-state index is -3.88. The summed E-state index contributed by atoms with van der Waals surface area (Å²) in [4.78, 5) is 12.3. The van der Waals surface area contributed by atoms with E-state index in [2.05, 4.69) is 4.18 Å². The molecule has 0 aliphatic heterocycles. The summed E-state index contributed by atoms with van der Waals surface area (Å²) < 4.78 is 34.1. The molecule has 0 unspecified atom stereocenters. The van der Waals surface area contributed by atoms with Crippen LogP contribution in [0, 0.1) is 0 Å². The van der Waals surface area contributed by atoms with Crippen LogP contribution in [0.5, 0.6) is 5.75 Å². The predicted molar refractivity (Wildman–Crippen MR) is 94.6 cm³/mol. The van der Waals surface area contributed by atoms with E-state index in [1.165, 1.54) is 12.1 Å². The first-order valence-corrected chi connectivity index (χ1v) is 9.01. The Kier molecular flexibility index (Phi) is 4.76. The molecule has 0 saturated carbocycles. The summed E-state index contributed by atoms with van der Waals surface area (Å²) in [6.07, 6.45) is 0. The van der Waals surface area contributed by atoms with Crippen LogP contribution >= 0.6 is 11.6 Å². The van der Waals surface area contributed by atoms with Crippen molar-refractivity contribution in [1.82, 2.24) is 0 Å². The largest absolute Gasteiger partial charge is 0.422 e. The molecule has 7 heteroatoms. The van der Waals surface area contributed by atoms with Crippen LogP contribution in [0.3, 0.4) is 0 Å². The summed E-state index contributed by atoms with van der Waals surface area (Å²) in [5.41, 5.74) is 0.335. The van der Waals surface area contributed by atoms with E-state index < -0.39 is 16.1 Å². The molecule has 0 aliphatic rings. The van der Waals surface area contributed by atoms with Crippen molar-refractivity contribution in [2.24, 2.45) is 0 Å². The lowest BCUT2D eigenvalue weighted by Gasteiger charge is -2.11. The van der Waals surface area contributed by atoms with Crippen LogP contribution in [0.1, 0.15) is 10.4 Å². The molecule has 3 rings (SSSR count). The third-order valence-electron chi connectivity index (χ3n) is 3.62. The highest BCUT2D eigenvalue weighted by Crippen LogP contribution is 2.32. The molecule has 0 spiro atoms. The second-order valence-electron chi connectivity index (χ2n) is 5.12. The average molecular weight is 377 g/mol. The monoisotopic (exact) mass is 376 g/mol. The number of hydrogen-bond acceptors (Lipinski definition) is 5. The molecule has 0 bridgehead atoms. The van der Waals surface area contributed by atoms with Crippen molar-refractivity contribution in [3.05, 3.63) is 71.2 Å². The highest BCUT2D eigenvalue weighted by molar-refractivity contribution is 7.87. The van der Waals surface area contributed by atoms with Gasteiger partial charge < -0.3 is 4.74 Å². The number of esters is 1. The molecular formula is C18H13ClO5S. The van der Waals surface area contributed by atoms with Gasteiger partial charge in [-0.2, -0.15) is 8.42 Å². The molecule has 0 atom stereocenters. The Morgan fingerprint density at radius 1 is 0.920 bits per heavy atom. The average Bonchev–Trinajstić information content (AvgIpc) is 2.62. The lowest BCUT2D eigenvalue weighted by atomic mass is 10.1. The topological polar surface area (TPSA) is 69.7 Å². The Morgan fingerprint density at radius 3 is 2.20 bits per heavy atom. The summed E-state index contributed by atoms with van der Waals surface area (Å²) in [6.45, 7) is 0. The second-order valence-corrected chi connectivity index (χ2v) is 7.24. The molecule has 0 fully saturated rings. The van der Waals surface area contributed by atoms with E-state index in [9.17, 15) is 13.2 Å². The van der Waals surface area contributed by atoms with Gasteiger partial charge in [0.25, 0.3) is 10.1 Å². The summed E-state index contributed by atoms with van der Waals surface area (Å²) in [7, 11) is -2.79. The molecule has 0 saturated heterocycles. The van der Waals surface area contributed by atoms with Gasteiger partial charge >= 0.3 is 5.97 Å². The number of carbonyl (C=O) groups excluding carboxylic acids is 1. The zero-order valence-corrected chi connectivity index (χ0v) is 14.7. The molecule has 0 N–H and O–H groups in total. The fourth-order valence-electron chi connectivity index (χ4n) is 2.39. The number of benzene rings is 3. The van der Waals surface area contributed by atoms with E-state index in [0.29, 0.717) is 21.4 Å². The SMILES string of the molecule is COS(=O)(=O)c1ccc(OC(=O)c2ccc(Cl)cc2)c2ccccc12. The van der Waals surface area contributed by atoms with Gasteiger partial charge in [-0.05, 0) is 36.4 Å². The van der Waals surface area contributed by atoms with Gasteiger partial charge in [-0.15, -0.1) is 0 Å². The molecule has 0 aliphatic carbocycles. The van der Waals surface area contributed by atoms with Crippen molar-refractivity contribution in [2.75, 3.05) is 7.11 Å². The Balaban J connectivity index is 2.05. The Hall–Kier alpha value is -2.41. The van der Waals surface area contributed by atoms with Crippen LogP contribution in [0.4, 0.5) is 0 Å². The van der Waals surface area contributed by atoms with Gasteiger partial charge in [0.05, 0.1) is 12.7 Å². The summed E-state index contributed by atoms with van der Waals surface area (Å²) >= 11 is 5.81. The zero-order chi connectivity index (χ0) is 18.0. The number of rotatable bonds is 4. The predicted octanol–water partition coefficient (Wildman–Crippen LogP) is 4.05. The highest BCUT2D eigenvalue weighted by atomic mass is 35.5. The van der Waals surface area contributed by atoms with E-state index in [1.54, 1.807) is 48.5 Å². The van der Waals surface area contributed by atoms with Crippen molar-refractivity contribution in [3.63, 3.8) is 0 Å². The van der Waals surface area contributed by atoms with Gasteiger partial charge in [-0.3, -0.25) is 4.18 Å². The van der Waals surface area contributed by atoms with E-state index in [1.807, 2.05) is 0 Å². The molecule has 3 aromatic carbocycles. The van der Waals surface area contributed by atoms with Gasteiger partial charge in [0.15, 0.2) is 0 Å². The first kappa shape index (κ1) is 17.4. The minimum Gasteiger partial charge on any atom is -0.422 e. The number of halogens is 1. The van der Waals surface area contributed by atoms with Crippen LogP contribution in [0.15, 0.2) is 65.6 Å². The molecule has 0 aromatic heterocycles. The van der Waals surface area contributed by atoms with E-state index in [-0.39, 0.29) is 10.6 Å². The molecule has 0 amide bonds. The number of carbonyl (C=O) groups is 1. The van der Waals surface area contributed by atoms with Crippen LogP contribution in [0.25, 0.3) is 10.8 Å². The maximum absolute atomic E-state index is 12.3. The quantitative estimate of drug-likeness (QED) is 0.390. The maximum Gasteiger partial charge on any atom is 0.343 e. The van der Waals surface area contributed by atoms with Gasteiger partial charge in [0.2, 0.25) is 0 Å². The first-order chi connectivity index (χ1) is 11.9. The summed E-state index contributed by atoms with van der Waals surface area (Å²) in [5.74, 6) is -0.310. The molecule has 128 valence electrons. The van der Waals surface area contributed by atoms with Crippen molar-refractivity contribution < 1.29 is 22.1 Å². The number of fused-ring (bicyclic) bond motifs is 1. The Morgan fingerprint density at radius 2 is 1.56 bits per heavy atom. The van der Waals surface area contributed by atoms with Gasteiger partial charge in [-0.25, -0.2) is 4.79 Å². The van der Waals surface area contributed by atoms with E-state index >= 15 is 0 Å². The minimum absolute atomic E-state index is 0.0110. The third kappa shape index (κ3) is 3.51. The van der Waals surface area contributed by atoms with Crippen molar-refractivity contribution in [1.29, 1.82) is 0 Å². The Bertz CT molecular complexity index is 1040. The highest BCUT2D eigenvalue weighted by Gasteiger charge is 2.19. The van der Waals surface area contributed by atoms with Gasteiger partial charge in [0.1, 0.15) is 10.6 Å². The maximum atomic E-state index is 12.3. The molecule has 0 heterocycles. The fourth-order valence-corrected chi connectivity index (χ4v) is 3.37. The van der Waals surface area contributed by atoms with E-state index in [4.69, 9.17) is 16.3 Å². The summed E-state index contributed by atoms with van der Waals surface area (Å²) in [5, 5.41) is 1.41. The molecular weight excluding hydrogens is 364 g/mol. The molecule has 5 nitrogen and oxygen atoms in total. The number of ether oxygens (including phenoxy) is 1. The smallest absolute Gasteiger partial charge is 0.343 e. The second kappa shape index (κ2) is 6.84. The van der Waals surface area contributed by atoms with Crippen molar-refractivity contribution in [3.8, 4) is 5.75 Å². The van der Waals surface area contributed by atoms with Gasteiger partial charge in [-0.1, -0.05) is 35.9 Å². The first-order valence-electron chi connectivity index (χ1n) is 7.22. The number of hydrogen-bond donors (Lipinski definition) is 0. The Labute approximate surface area is 149 Å². The zero-order valence-electron chi connectivity index (χ0n) is 13.1. The van der Waals surface area contributed by atoms with Gasteiger partial charge in [0, 0.05) is 15.8 Å². The third-order valence-corrected chi connectivity index (χ3v) is 5.20. The standard InChI is InChI=1S/C18H13ClO5S/c1-23-25(21,22)17-11-10-16(14-4-2-3-5-15(14)17)24-18(20)12-6-8-13(19)9-7-12/h2-11H,1H3. The molecule has 25 heavy (non-hydrogen) atoms. The van der Waals surface area contributed by atoms with Crippen molar-refractivity contribution in [2.45, 2.75) is 4.90 Å². The summed E-state index contributed by atoms with van der Waals surface area (Å²) in [6, 6.07) is 15.8.